The predicted octanol–water partition coefficient (Wildman–Crippen LogP) is 8.51. The number of Topliss-reactive ketones (excluding diaryl/α,β-unsaturated/α-hetero) is 1. The van der Waals surface area contributed by atoms with Gasteiger partial charge in [-0.05, 0) is 57.0 Å². The summed E-state index contributed by atoms with van der Waals surface area (Å²) >= 11 is 0. The number of carboxylic acid groups (broad SMARTS) is 1. The van der Waals surface area contributed by atoms with Gasteiger partial charge < -0.3 is 15.1 Å². The van der Waals surface area contributed by atoms with E-state index in [2.05, 4.69) is 63.2 Å². The minimum absolute atomic E-state index is 0.204. The molecule has 1 aliphatic carbocycles. The van der Waals surface area contributed by atoms with Crippen molar-refractivity contribution in [3.8, 4) is 0 Å². The largest absolute Gasteiger partial charge is 0.871 e. The molecule has 0 spiro atoms. The molecular formula is C41H52N2O4. The molecule has 0 aromatic heterocycles. The lowest BCUT2D eigenvalue weighted by Gasteiger charge is -2.32. The van der Waals surface area contributed by atoms with Crippen molar-refractivity contribution in [2.24, 2.45) is 0 Å². The van der Waals surface area contributed by atoms with Crippen LogP contribution in [0.3, 0.4) is 0 Å². The molecule has 5 rings (SSSR count). The Balaban J connectivity index is 1.41. The number of fused-ring (bicyclic) bond motifs is 2. The predicted molar refractivity (Wildman–Crippen MR) is 189 cm³/mol. The third-order valence-electron chi connectivity index (χ3n) is 10.5. The number of nitrogens with zero attached hydrogens (tertiary/aromatic N) is 2. The fourth-order valence-corrected chi connectivity index (χ4v) is 7.68. The van der Waals surface area contributed by atoms with Crippen molar-refractivity contribution < 1.29 is 24.4 Å². The van der Waals surface area contributed by atoms with E-state index in [9.17, 15) is 19.8 Å². The molecular weight excluding hydrogens is 584 g/mol. The second-order valence-electron chi connectivity index (χ2n) is 14.4. The van der Waals surface area contributed by atoms with Gasteiger partial charge in [-0.15, -0.1) is 0 Å². The van der Waals surface area contributed by atoms with Gasteiger partial charge in [0.2, 0.25) is 5.69 Å². The number of carbonyl (C=O) groups is 2. The van der Waals surface area contributed by atoms with Crippen LogP contribution in [0.1, 0.15) is 127 Å². The van der Waals surface area contributed by atoms with Crippen LogP contribution in [0.5, 0.6) is 0 Å². The summed E-state index contributed by atoms with van der Waals surface area (Å²) in [5.74, 6) is -1.42. The summed E-state index contributed by atoms with van der Waals surface area (Å²) in [5.41, 5.74) is 5.77. The van der Waals surface area contributed by atoms with Crippen molar-refractivity contribution >= 4 is 28.8 Å². The molecule has 2 aliphatic heterocycles. The average Bonchev–Trinajstić information content (AvgIpc) is 3.40. The summed E-state index contributed by atoms with van der Waals surface area (Å²) < 4.78 is 2.21. The highest BCUT2D eigenvalue weighted by molar-refractivity contribution is 6.24. The van der Waals surface area contributed by atoms with E-state index in [1.165, 1.54) is 56.9 Å². The molecule has 0 amide bonds. The lowest BCUT2D eigenvalue weighted by atomic mass is 9.77. The minimum Gasteiger partial charge on any atom is -0.871 e. The molecule has 1 N–H and O–H groups in total. The number of aromatic carboxylic acids is 1. The van der Waals surface area contributed by atoms with E-state index < -0.39 is 11.4 Å². The van der Waals surface area contributed by atoms with Crippen molar-refractivity contribution in [2.75, 3.05) is 18.0 Å². The highest BCUT2D eigenvalue weighted by Crippen LogP contribution is 2.49. The number of likely N-dealkylation sites (N-methyl/N-ethyl adjacent to an activating group) is 1. The number of anilines is 1. The first-order valence-electron chi connectivity index (χ1n) is 17.7. The third-order valence-corrected chi connectivity index (χ3v) is 10.5. The van der Waals surface area contributed by atoms with E-state index in [4.69, 9.17) is 0 Å². The van der Waals surface area contributed by atoms with Crippen molar-refractivity contribution in [1.29, 1.82) is 0 Å². The molecule has 47 heavy (non-hydrogen) atoms. The number of ketones is 1. The number of carboxylic acids is 1. The Labute approximate surface area is 281 Å². The number of hydrogen-bond acceptors (Lipinski definition) is 4. The molecule has 0 saturated carbocycles. The van der Waals surface area contributed by atoms with Crippen LogP contribution >= 0.6 is 0 Å². The summed E-state index contributed by atoms with van der Waals surface area (Å²) in [5, 5.41) is 23.4. The van der Waals surface area contributed by atoms with Crippen LogP contribution in [0.4, 0.5) is 11.4 Å². The second-order valence-corrected chi connectivity index (χ2v) is 14.4. The Morgan fingerprint density at radius 1 is 0.851 bits per heavy atom. The monoisotopic (exact) mass is 636 g/mol. The van der Waals surface area contributed by atoms with Crippen molar-refractivity contribution in [2.45, 2.75) is 117 Å². The van der Waals surface area contributed by atoms with Crippen LogP contribution in [0, 0.1) is 0 Å². The fourth-order valence-electron chi connectivity index (χ4n) is 7.68. The van der Waals surface area contributed by atoms with Gasteiger partial charge in [-0.2, -0.15) is 4.58 Å². The van der Waals surface area contributed by atoms with Gasteiger partial charge in [-0.3, -0.25) is 4.79 Å². The van der Waals surface area contributed by atoms with E-state index in [-0.39, 0.29) is 33.7 Å². The average molecular weight is 637 g/mol. The van der Waals surface area contributed by atoms with Gasteiger partial charge in [0.25, 0.3) is 0 Å². The van der Waals surface area contributed by atoms with E-state index in [0.29, 0.717) is 0 Å². The molecule has 0 bridgehead atoms. The van der Waals surface area contributed by atoms with E-state index >= 15 is 0 Å². The maximum Gasteiger partial charge on any atom is 0.335 e. The second kappa shape index (κ2) is 14.0. The highest BCUT2D eigenvalue weighted by Gasteiger charge is 2.46. The van der Waals surface area contributed by atoms with E-state index in [1.54, 1.807) is 18.2 Å². The Bertz CT molecular complexity index is 1670. The molecule has 250 valence electrons. The molecule has 2 aromatic carbocycles. The number of para-hydroxylation sites is 1. The molecule has 3 aliphatic rings. The Kier molecular flexibility index (Phi) is 10.3. The van der Waals surface area contributed by atoms with Crippen molar-refractivity contribution in [3.63, 3.8) is 0 Å². The molecule has 6 heteroatoms. The van der Waals surface area contributed by atoms with Gasteiger partial charge >= 0.3 is 5.97 Å². The standard InChI is InChI=1S/C41H52N2O4/c1-7-9-10-11-12-13-14-15-16-19-24-43-34-23-22-28(39(46)47)25-32(34)41(5,6)36(43)27-30-37(44)29(38(30)45)26-35-40(3,4)31-20-17-18-21-33(31)42(35)8-2/h17-18,20-23,25-27H,7-16,19,24H2,1-6H3,(H-,44,45,46,47). The molecule has 0 radical (unpaired) electrons. The van der Waals surface area contributed by atoms with Crippen LogP contribution in [-0.2, 0) is 15.6 Å². The van der Waals surface area contributed by atoms with Crippen LogP contribution in [0.15, 0.2) is 77.2 Å². The number of allylic oxidation sites excluding steroid dienone is 5. The molecule has 0 fully saturated rings. The number of unbranched alkanes of at least 4 members (excludes halogenated alkanes) is 9. The van der Waals surface area contributed by atoms with Crippen LogP contribution in [0.2, 0.25) is 0 Å². The first-order chi connectivity index (χ1) is 22.4. The molecule has 0 atom stereocenters. The summed E-state index contributed by atoms with van der Waals surface area (Å²) in [6.07, 6.45) is 16.0. The first-order valence-corrected chi connectivity index (χ1v) is 17.7. The fraction of sp³-hybridized carbons (Fsp3) is 0.488. The Hall–Kier alpha value is -3.93. The third kappa shape index (κ3) is 6.48. The van der Waals surface area contributed by atoms with Crippen molar-refractivity contribution in [1.82, 2.24) is 0 Å². The number of hydrogen-bond donors (Lipinski definition) is 1. The zero-order chi connectivity index (χ0) is 33.9. The summed E-state index contributed by atoms with van der Waals surface area (Å²) in [6, 6.07) is 13.6. The summed E-state index contributed by atoms with van der Waals surface area (Å²) in [7, 11) is 0. The lowest BCUT2D eigenvalue weighted by Crippen LogP contribution is -2.35. The highest BCUT2D eigenvalue weighted by atomic mass is 16.4. The van der Waals surface area contributed by atoms with Gasteiger partial charge in [-0.1, -0.05) is 96.1 Å². The maximum atomic E-state index is 13.7. The summed E-state index contributed by atoms with van der Waals surface area (Å²) in [4.78, 5) is 27.8. The smallest absolute Gasteiger partial charge is 0.335 e. The summed E-state index contributed by atoms with van der Waals surface area (Å²) in [6.45, 7) is 14.2. The van der Waals surface area contributed by atoms with E-state index in [1.807, 2.05) is 24.3 Å². The quantitative estimate of drug-likeness (QED) is 0.120. The normalized spacial score (nSPS) is 19.5. The van der Waals surface area contributed by atoms with Crippen LogP contribution < -0.4 is 10.0 Å². The number of benzene rings is 2. The van der Waals surface area contributed by atoms with Gasteiger partial charge in [0.15, 0.2) is 11.5 Å². The molecule has 2 aromatic rings. The topological polar surface area (TPSA) is 83.7 Å². The maximum absolute atomic E-state index is 13.7. The van der Waals surface area contributed by atoms with Gasteiger partial charge in [0.1, 0.15) is 6.54 Å². The number of rotatable bonds is 15. The molecule has 0 saturated heterocycles. The zero-order valence-electron chi connectivity index (χ0n) is 29.2. The van der Waals surface area contributed by atoms with Crippen LogP contribution in [-0.4, -0.2) is 40.2 Å². The van der Waals surface area contributed by atoms with Gasteiger partial charge in [0.05, 0.1) is 11.0 Å². The van der Waals surface area contributed by atoms with Crippen LogP contribution in [0.25, 0.3) is 0 Å². The number of carbonyl (C=O) groups excluding carboxylic acids is 1. The SMILES string of the molecule is CCCCCCCCCCCC[N+]1=C(/C=C2\C(=O)C(/C=C3/N(CC)c4ccccc4C3(C)C)=C2[O-])C(C)(C)c2cc(C(=O)O)ccc21. The van der Waals surface area contributed by atoms with Crippen molar-refractivity contribution in [3.05, 3.63) is 93.9 Å². The van der Waals surface area contributed by atoms with Gasteiger partial charge in [0, 0.05) is 58.6 Å². The first kappa shape index (κ1) is 34.4. The minimum atomic E-state index is -0.966. The molecule has 6 nitrogen and oxygen atoms in total. The Morgan fingerprint density at radius 2 is 1.49 bits per heavy atom. The van der Waals surface area contributed by atoms with E-state index in [0.717, 1.165) is 54.3 Å². The zero-order valence-corrected chi connectivity index (χ0v) is 29.2. The lowest BCUT2D eigenvalue weighted by molar-refractivity contribution is -0.438. The Morgan fingerprint density at radius 3 is 2.11 bits per heavy atom. The molecule has 0 unspecified atom stereocenters. The van der Waals surface area contributed by atoms with Gasteiger partial charge in [-0.25, -0.2) is 4.79 Å². The molecule has 2 heterocycles.